The third kappa shape index (κ3) is 2.18. The molecular formula is C14H13BrN2O2. The minimum Gasteiger partial charge on any atom is -0.481 e. The maximum absolute atomic E-state index is 11.1. The van der Waals surface area contributed by atoms with E-state index in [9.17, 15) is 4.79 Å². The Bertz CT molecular complexity index is 622. The highest BCUT2D eigenvalue weighted by Crippen LogP contribution is 2.32. The Balaban J connectivity index is 2.01. The third-order valence-corrected chi connectivity index (χ3v) is 4.35. The van der Waals surface area contributed by atoms with Crippen LogP contribution in [-0.2, 0) is 17.6 Å². The lowest BCUT2D eigenvalue weighted by atomic mass is 9.88. The summed E-state index contributed by atoms with van der Waals surface area (Å²) in [6.45, 7) is 0. The molecule has 0 saturated heterocycles. The van der Waals surface area contributed by atoms with Gasteiger partial charge in [-0.2, -0.15) is 5.10 Å². The Hall–Kier alpha value is -1.62. The molecule has 1 aliphatic rings. The zero-order valence-electron chi connectivity index (χ0n) is 10.2. The van der Waals surface area contributed by atoms with Crippen LogP contribution in [0.2, 0.25) is 0 Å². The molecule has 1 aromatic heterocycles. The molecule has 0 amide bonds. The second-order valence-electron chi connectivity index (χ2n) is 4.74. The fourth-order valence-corrected chi connectivity index (χ4v) is 3.16. The highest BCUT2D eigenvalue weighted by molar-refractivity contribution is 9.10. The van der Waals surface area contributed by atoms with E-state index in [1.54, 1.807) is 0 Å². The van der Waals surface area contributed by atoms with Gasteiger partial charge in [-0.3, -0.25) is 4.79 Å². The van der Waals surface area contributed by atoms with Crippen LogP contribution in [0, 0.1) is 5.92 Å². The van der Waals surface area contributed by atoms with E-state index in [0.29, 0.717) is 12.8 Å². The Morgan fingerprint density at radius 3 is 2.79 bits per heavy atom. The molecule has 0 radical (unpaired) electrons. The van der Waals surface area contributed by atoms with Crippen molar-refractivity contribution >= 4 is 21.9 Å². The Kier molecular flexibility index (Phi) is 3.14. The van der Waals surface area contributed by atoms with Crippen molar-refractivity contribution in [2.45, 2.75) is 19.3 Å². The summed E-state index contributed by atoms with van der Waals surface area (Å²) in [6, 6.07) is 9.85. The molecule has 98 valence electrons. The lowest BCUT2D eigenvalue weighted by Crippen LogP contribution is -2.21. The van der Waals surface area contributed by atoms with Gasteiger partial charge in [0.05, 0.1) is 17.3 Å². The fraction of sp³-hybridized carbons (Fsp3) is 0.286. The first-order valence-electron chi connectivity index (χ1n) is 6.21. The Morgan fingerprint density at radius 1 is 1.37 bits per heavy atom. The number of para-hydroxylation sites is 1. The summed E-state index contributed by atoms with van der Waals surface area (Å²) in [5.74, 6) is -1.01. The average Bonchev–Trinajstić information content (AvgIpc) is 2.77. The zero-order chi connectivity index (χ0) is 13.4. The minimum absolute atomic E-state index is 0.294. The number of hydrogen-bond acceptors (Lipinski definition) is 2. The highest BCUT2D eigenvalue weighted by atomic mass is 79.9. The van der Waals surface area contributed by atoms with E-state index in [4.69, 9.17) is 5.11 Å². The van der Waals surface area contributed by atoms with Gasteiger partial charge in [0.2, 0.25) is 0 Å². The van der Waals surface area contributed by atoms with Gasteiger partial charge in [0, 0.05) is 5.56 Å². The Labute approximate surface area is 119 Å². The quantitative estimate of drug-likeness (QED) is 0.925. The number of aliphatic carboxylic acids is 1. The first-order valence-corrected chi connectivity index (χ1v) is 7.00. The van der Waals surface area contributed by atoms with Crippen molar-refractivity contribution in [3.05, 3.63) is 46.2 Å². The number of halogens is 1. The number of fused-ring (bicyclic) bond motifs is 1. The normalized spacial score (nSPS) is 18.1. The van der Waals surface area contributed by atoms with Crippen LogP contribution in [0.5, 0.6) is 0 Å². The molecule has 1 atom stereocenters. The molecule has 1 heterocycles. The highest BCUT2D eigenvalue weighted by Gasteiger charge is 2.29. The molecule has 4 nitrogen and oxygen atoms in total. The molecule has 0 bridgehead atoms. The van der Waals surface area contributed by atoms with Gasteiger partial charge in [0.1, 0.15) is 4.60 Å². The second kappa shape index (κ2) is 4.81. The minimum atomic E-state index is -0.718. The van der Waals surface area contributed by atoms with Gasteiger partial charge in [-0.05, 0) is 47.3 Å². The van der Waals surface area contributed by atoms with E-state index in [1.807, 2.05) is 35.0 Å². The van der Waals surface area contributed by atoms with Gasteiger partial charge in [-0.25, -0.2) is 4.68 Å². The number of nitrogens with zero attached hydrogens (tertiary/aromatic N) is 2. The summed E-state index contributed by atoms with van der Waals surface area (Å²) >= 11 is 3.56. The van der Waals surface area contributed by atoms with E-state index in [2.05, 4.69) is 21.0 Å². The molecule has 3 rings (SSSR count). The number of hydrogen-bond donors (Lipinski definition) is 1. The summed E-state index contributed by atoms with van der Waals surface area (Å²) < 4.78 is 2.72. The summed E-state index contributed by atoms with van der Waals surface area (Å²) in [5, 5.41) is 13.7. The molecule has 0 fully saturated rings. The van der Waals surface area contributed by atoms with Crippen LogP contribution in [0.1, 0.15) is 17.7 Å². The molecular weight excluding hydrogens is 308 g/mol. The number of benzene rings is 1. The van der Waals surface area contributed by atoms with Crippen LogP contribution in [0.4, 0.5) is 0 Å². The number of aromatic nitrogens is 2. The van der Waals surface area contributed by atoms with Crippen molar-refractivity contribution < 1.29 is 9.90 Å². The molecule has 1 aromatic carbocycles. The molecule has 0 aliphatic heterocycles. The molecule has 5 heteroatoms. The molecule has 1 N–H and O–H groups in total. The summed E-state index contributed by atoms with van der Waals surface area (Å²) in [7, 11) is 0. The van der Waals surface area contributed by atoms with Gasteiger partial charge >= 0.3 is 5.97 Å². The number of carboxylic acids is 1. The van der Waals surface area contributed by atoms with Crippen molar-refractivity contribution in [3.8, 4) is 5.69 Å². The number of carboxylic acid groups (broad SMARTS) is 1. The van der Waals surface area contributed by atoms with Crippen LogP contribution >= 0.6 is 15.9 Å². The molecule has 0 saturated carbocycles. The maximum atomic E-state index is 11.1. The monoisotopic (exact) mass is 320 g/mol. The van der Waals surface area contributed by atoms with E-state index in [0.717, 1.165) is 28.0 Å². The van der Waals surface area contributed by atoms with Gasteiger partial charge in [-0.15, -0.1) is 0 Å². The van der Waals surface area contributed by atoms with E-state index in [1.165, 1.54) is 0 Å². The molecule has 19 heavy (non-hydrogen) atoms. The largest absolute Gasteiger partial charge is 0.481 e. The lowest BCUT2D eigenvalue weighted by molar-refractivity contribution is -0.142. The standard InChI is InChI=1S/C14H13BrN2O2/c15-13-11-8-9(14(18)19)6-7-12(11)16-17(13)10-4-2-1-3-5-10/h1-5,9H,6-8H2,(H,18,19). The van der Waals surface area contributed by atoms with Crippen LogP contribution in [0.25, 0.3) is 5.69 Å². The van der Waals surface area contributed by atoms with Crippen molar-refractivity contribution in [1.29, 1.82) is 0 Å². The van der Waals surface area contributed by atoms with Gasteiger partial charge < -0.3 is 5.11 Å². The zero-order valence-corrected chi connectivity index (χ0v) is 11.8. The van der Waals surface area contributed by atoms with Crippen molar-refractivity contribution in [2.24, 2.45) is 5.92 Å². The third-order valence-electron chi connectivity index (χ3n) is 3.53. The fourth-order valence-electron chi connectivity index (χ4n) is 2.49. The van der Waals surface area contributed by atoms with Crippen molar-refractivity contribution in [1.82, 2.24) is 9.78 Å². The number of rotatable bonds is 2. The summed E-state index contributed by atoms with van der Waals surface area (Å²) in [5.41, 5.74) is 3.02. The van der Waals surface area contributed by atoms with E-state index >= 15 is 0 Å². The summed E-state index contributed by atoms with van der Waals surface area (Å²) in [6.07, 6.45) is 1.95. The topological polar surface area (TPSA) is 55.1 Å². The molecule has 1 aliphatic carbocycles. The smallest absolute Gasteiger partial charge is 0.306 e. The van der Waals surface area contributed by atoms with E-state index in [-0.39, 0.29) is 5.92 Å². The van der Waals surface area contributed by atoms with Crippen molar-refractivity contribution in [2.75, 3.05) is 0 Å². The van der Waals surface area contributed by atoms with Crippen LogP contribution in [0.3, 0.4) is 0 Å². The van der Waals surface area contributed by atoms with Gasteiger partial charge in [0.15, 0.2) is 0 Å². The van der Waals surface area contributed by atoms with Crippen LogP contribution in [0.15, 0.2) is 34.9 Å². The van der Waals surface area contributed by atoms with Gasteiger partial charge in [0.25, 0.3) is 0 Å². The SMILES string of the molecule is O=C(O)C1CCc2nn(-c3ccccc3)c(Br)c2C1. The first kappa shape index (κ1) is 12.4. The van der Waals surface area contributed by atoms with E-state index < -0.39 is 5.97 Å². The van der Waals surface area contributed by atoms with Crippen LogP contribution < -0.4 is 0 Å². The maximum Gasteiger partial charge on any atom is 0.306 e. The van der Waals surface area contributed by atoms with Crippen molar-refractivity contribution in [3.63, 3.8) is 0 Å². The lowest BCUT2D eigenvalue weighted by Gasteiger charge is -2.17. The van der Waals surface area contributed by atoms with Crippen LogP contribution in [-0.4, -0.2) is 20.9 Å². The predicted molar refractivity (Wildman–Crippen MR) is 74.4 cm³/mol. The van der Waals surface area contributed by atoms with Gasteiger partial charge in [-0.1, -0.05) is 18.2 Å². The molecule has 0 spiro atoms. The Morgan fingerprint density at radius 2 is 2.11 bits per heavy atom. The average molecular weight is 321 g/mol. The molecule has 1 unspecified atom stereocenters. The predicted octanol–water partition coefficient (Wildman–Crippen LogP) is 2.82. The first-order chi connectivity index (χ1) is 9.16. The number of carbonyl (C=O) groups is 1. The number of aryl methyl sites for hydroxylation is 1. The summed E-state index contributed by atoms with van der Waals surface area (Å²) in [4.78, 5) is 11.1. The molecule has 2 aromatic rings. The second-order valence-corrected chi connectivity index (χ2v) is 5.49.